The highest BCUT2D eigenvalue weighted by atomic mass is 35.5. The van der Waals surface area contributed by atoms with Crippen molar-refractivity contribution < 1.29 is 21.9 Å². The molecule has 0 fully saturated rings. The van der Waals surface area contributed by atoms with Crippen LogP contribution in [0.1, 0.15) is 0 Å². The lowest BCUT2D eigenvalue weighted by Gasteiger charge is -2.15. The molecule has 0 radical (unpaired) electrons. The van der Waals surface area contributed by atoms with Crippen LogP contribution in [0.25, 0.3) is 0 Å². The number of rotatable bonds is 1. The molecule has 0 saturated carbocycles. The van der Waals surface area contributed by atoms with Gasteiger partial charge in [-0.3, -0.25) is 0 Å². The van der Waals surface area contributed by atoms with Crippen LogP contribution in [0, 0.1) is 5.21 Å². The largest absolute Gasteiger partial charge is 0.562 e. The summed E-state index contributed by atoms with van der Waals surface area (Å²) in [6.07, 6.45) is 0. The van der Waals surface area contributed by atoms with Crippen LogP contribution in [0.5, 0.6) is 0 Å². The minimum atomic E-state index is -5.14. The van der Waals surface area contributed by atoms with Crippen LogP contribution < -0.4 is 0 Å². The Morgan fingerprint density at radius 3 is 1.75 bits per heavy atom. The van der Waals surface area contributed by atoms with E-state index < -0.39 is 14.0 Å². The van der Waals surface area contributed by atoms with Gasteiger partial charge in [0, 0.05) is 3.73 Å². The zero-order valence-corrected chi connectivity index (χ0v) is 4.93. The normalized spacial score (nSPS) is 20.0. The second-order valence-corrected chi connectivity index (χ2v) is 2.95. The second kappa shape index (κ2) is 1.79. The Bertz CT molecular complexity index is 161. The van der Waals surface area contributed by atoms with Crippen molar-refractivity contribution in [3.63, 3.8) is 0 Å². The first-order chi connectivity index (χ1) is 3.25. The molecule has 0 aromatic heterocycles. The fraction of sp³-hybridized carbons (Fsp3) is 0. The summed E-state index contributed by atoms with van der Waals surface area (Å²) in [6.45, 7) is 0. The smallest absolute Gasteiger partial charge is 0.483 e. The van der Waals surface area contributed by atoms with Crippen LogP contribution >= 0.6 is 11.8 Å². The molecule has 0 spiro atoms. The third kappa shape index (κ3) is 1.90. The van der Waals surface area contributed by atoms with E-state index in [1.807, 2.05) is 0 Å². The fourth-order valence-corrected chi connectivity index (χ4v) is 0. The summed E-state index contributed by atoms with van der Waals surface area (Å²) >= 11 is 4.11. The van der Waals surface area contributed by atoms with E-state index in [9.17, 15) is 13.6 Å². The SMILES string of the molecule is O=S(=O)(O)[N+]([O-])(O)Cl. The van der Waals surface area contributed by atoms with Crippen molar-refractivity contribution in [2.45, 2.75) is 0 Å². The van der Waals surface area contributed by atoms with Crippen LogP contribution in [-0.4, -0.2) is 21.9 Å². The van der Waals surface area contributed by atoms with Gasteiger partial charge in [-0.2, -0.15) is 5.21 Å². The lowest BCUT2D eigenvalue weighted by Crippen LogP contribution is -2.33. The maximum Gasteiger partial charge on any atom is 0.483 e. The molecule has 2 N–H and O–H groups in total. The molecule has 1 unspecified atom stereocenters. The van der Waals surface area contributed by atoms with Crippen LogP contribution in [0.15, 0.2) is 0 Å². The molecule has 0 bridgehead atoms. The molecule has 50 valence electrons. The first kappa shape index (κ1) is 8.08. The summed E-state index contributed by atoms with van der Waals surface area (Å²) < 4.78 is 23.3. The minimum absolute atomic E-state index is 3.23. The number of nitrogens with zero attached hydrogens (tertiary/aromatic N) is 1. The van der Waals surface area contributed by atoms with Gasteiger partial charge in [0.15, 0.2) is 0 Å². The maximum atomic E-state index is 9.55. The molecule has 0 aliphatic rings. The van der Waals surface area contributed by atoms with Crippen molar-refractivity contribution in [3.05, 3.63) is 5.21 Å². The van der Waals surface area contributed by atoms with Gasteiger partial charge < -0.3 is 5.21 Å². The topological polar surface area (TPSA) is 97.7 Å². The Balaban J connectivity index is 4.53. The quantitative estimate of drug-likeness (QED) is 0.313. The second-order valence-electron chi connectivity index (χ2n) is 0.899. The summed E-state index contributed by atoms with van der Waals surface area (Å²) in [5.41, 5.74) is 0. The van der Waals surface area contributed by atoms with E-state index in [1.165, 1.54) is 0 Å². The Hall–Kier alpha value is 0.0800. The van der Waals surface area contributed by atoms with Gasteiger partial charge >= 0.3 is 10.3 Å². The van der Waals surface area contributed by atoms with Gasteiger partial charge in [0.1, 0.15) is 0 Å². The van der Waals surface area contributed by atoms with E-state index in [4.69, 9.17) is 9.76 Å². The lowest BCUT2D eigenvalue weighted by molar-refractivity contribution is -0.860. The molecule has 6 nitrogen and oxygen atoms in total. The van der Waals surface area contributed by atoms with Crippen molar-refractivity contribution >= 4 is 22.1 Å². The van der Waals surface area contributed by atoms with Gasteiger partial charge in [-0.25, -0.2) is 4.55 Å². The van der Waals surface area contributed by atoms with E-state index >= 15 is 0 Å². The number of quaternary nitrogens is 1. The summed E-state index contributed by atoms with van der Waals surface area (Å²) in [7, 11) is -5.14. The zero-order valence-electron chi connectivity index (χ0n) is 3.35. The highest BCUT2D eigenvalue weighted by molar-refractivity contribution is 7.80. The Labute approximate surface area is 50.0 Å². The number of hydrogen-bond donors (Lipinski definition) is 2. The molecule has 1 atom stereocenters. The van der Waals surface area contributed by atoms with Gasteiger partial charge in [0.25, 0.3) is 0 Å². The molecule has 0 aromatic rings. The van der Waals surface area contributed by atoms with Crippen LogP contribution in [0.4, 0.5) is 0 Å². The van der Waals surface area contributed by atoms with Gasteiger partial charge in [0.2, 0.25) is 11.8 Å². The molecule has 0 aliphatic carbocycles. The van der Waals surface area contributed by atoms with Crippen molar-refractivity contribution in [2.75, 3.05) is 0 Å². The zero-order chi connectivity index (χ0) is 7.00. The van der Waals surface area contributed by atoms with E-state index in [0.29, 0.717) is 0 Å². The van der Waals surface area contributed by atoms with Gasteiger partial charge in [-0.05, 0) is 0 Å². The van der Waals surface area contributed by atoms with Crippen LogP contribution in [0.3, 0.4) is 0 Å². The van der Waals surface area contributed by atoms with E-state index in [1.54, 1.807) is 0 Å². The fourth-order valence-electron chi connectivity index (χ4n) is 0. The van der Waals surface area contributed by atoms with Gasteiger partial charge in [-0.1, -0.05) is 0 Å². The molecule has 0 aromatic carbocycles. The first-order valence-electron chi connectivity index (χ1n) is 1.25. The summed E-state index contributed by atoms with van der Waals surface area (Å²) in [6, 6.07) is 0. The monoisotopic (exact) mass is 163 g/mol. The maximum absolute atomic E-state index is 9.55. The molecular formula is H2ClNO5S. The Morgan fingerprint density at radius 1 is 1.62 bits per heavy atom. The lowest BCUT2D eigenvalue weighted by atomic mass is 13.2. The van der Waals surface area contributed by atoms with Crippen molar-refractivity contribution in [2.24, 2.45) is 0 Å². The third-order valence-electron chi connectivity index (χ3n) is 0.285. The minimum Gasteiger partial charge on any atom is -0.562 e. The highest BCUT2D eigenvalue weighted by Crippen LogP contribution is 2.09. The summed E-state index contributed by atoms with van der Waals surface area (Å²) in [5, 5.41) is 17.2. The van der Waals surface area contributed by atoms with E-state index in [0.717, 1.165) is 0 Å². The third-order valence-corrected chi connectivity index (χ3v) is 1.38. The Kier molecular flexibility index (Phi) is 1.81. The highest BCUT2D eigenvalue weighted by Gasteiger charge is 2.28. The van der Waals surface area contributed by atoms with Crippen LogP contribution in [0.2, 0.25) is 0 Å². The number of hydrogen-bond acceptors (Lipinski definition) is 4. The average molecular weight is 164 g/mol. The summed E-state index contributed by atoms with van der Waals surface area (Å²) in [4.78, 5) is 0. The molecule has 0 amide bonds. The summed E-state index contributed by atoms with van der Waals surface area (Å²) in [5.74, 6) is 0. The van der Waals surface area contributed by atoms with Crippen LogP contribution in [-0.2, 0) is 10.3 Å². The van der Waals surface area contributed by atoms with E-state index in [-0.39, 0.29) is 0 Å². The molecule has 8 heteroatoms. The molecule has 8 heavy (non-hydrogen) atoms. The predicted molar refractivity (Wildman–Crippen MR) is 22.8 cm³/mol. The van der Waals surface area contributed by atoms with Gasteiger partial charge in [-0.15, -0.1) is 8.42 Å². The molecule has 0 rings (SSSR count). The van der Waals surface area contributed by atoms with Crippen molar-refractivity contribution in [1.82, 2.24) is 0 Å². The van der Waals surface area contributed by atoms with Gasteiger partial charge in [0.05, 0.1) is 0 Å². The Morgan fingerprint density at radius 2 is 1.75 bits per heavy atom. The predicted octanol–water partition coefficient (Wildman–Crippen LogP) is -0.353. The molecular weight excluding hydrogens is 162 g/mol. The van der Waals surface area contributed by atoms with Crippen molar-refractivity contribution in [3.8, 4) is 0 Å². The standard InChI is InChI=1S/ClH2NO5S/c1-2(3,4)8(5,6)7/h3H,(H,5,6,7). The van der Waals surface area contributed by atoms with Crippen molar-refractivity contribution in [1.29, 1.82) is 0 Å². The number of halogens is 1. The first-order valence-corrected chi connectivity index (χ1v) is 2.99. The van der Waals surface area contributed by atoms with E-state index in [2.05, 4.69) is 11.8 Å². The molecule has 0 heterocycles. The average Bonchev–Trinajstić information content (AvgIpc) is 1.25. The molecule has 0 aliphatic heterocycles. The molecule has 0 saturated heterocycles.